The summed E-state index contributed by atoms with van der Waals surface area (Å²) in [6.07, 6.45) is 1.54. The molecule has 104 valence electrons. The zero-order valence-corrected chi connectivity index (χ0v) is 11.8. The zero-order chi connectivity index (χ0) is 13.2. The van der Waals surface area contributed by atoms with E-state index >= 15 is 0 Å². The van der Waals surface area contributed by atoms with E-state index in [1.807, 2.05) is 0 Å². The van der Waals surface area contributed by atoms with Crippen molar-refractivity contribution in [2.24, 2.45) is 5.92 Å². The van der Waals surface area contributed by atoms with Crippen LogP contribution in [0.15, 0.2) is 18.2 Å². The fourth-order valence-electron chi connectivity index (χ4n) is 3.24. The Kier molecular flexibility index (Phi) is 3.87. The van der Waals surface area contributed by atoms with Crippen molar-refractivity contribution in [2.45, 2.75) is 45.6 Å². The summed E-state index contributed by atoms with van der Waals surface area (Å²) in [5.41, 5.74) is 4.08. The highest BCUT2D eigenvalue weighted by atomic mass is 16.5. The van der Waals surface area contributed by atoms with Gasteiger partial charge in [0, 0.05) is 12.0 Å². The largest absolute Gasteiger partial charge is 0.378 e. The fraction of sp³-hybridized carbons (Fsp3) is 0.625. The summed E-state index contributed by atoms with van der Waals surface area (Å²) in [4.78, 5) is 0. The Bertz CT molecular complexity index is 446. The van der Waals surface area contributed by atoms with Crippen LogP contribution in [0.4, 0.5) is 0 Å². The van der Waals surface area contributed by atoms with E-state index in [-0.39, 0.29) is 0 Å². The van der Waals surface area contributed by atoms with Crippen molar-refractivity contribution in [2.75, 3.05) is 13.2 Å². The molecule has 19 heavy (non-hydrogen) atoms. The number of hydrogen-bond acceptors (Lipinski definition) is 3. The van der Waals surface area contributed by atoms with Gasteiger partial charge in [-0.25, -0.2) is 0 Å². The Labute approximate surface area is 115 Å². The normalized spacial score (nSPS) is 27.5. The summed E-state index contributed by atoms with van der Waals surface area (Å²) in [5, 5.41) is 3.63. The lowest BCUT2D eigenvalue weighted by Gasteiger charge is -2.24. The quantitative estimate of drug-likeness (QED) is 0.904. The number of fused-ring (bicyclic) bond motifs is 1. The highest BCUT2D eigenvalue weighted by Gasteiger charge is 2.30. The van der Waals surface area contributed by atoms with Gasteiger partial charge in [-0.15, -0.1) is 0 Å². The zero-order valence-electron chi connectivity index (χ0n) is 11.8. The maximum atomic E-state index is 5.74. The van der Waals surface area contributed by atoms with E-state index in [2.05, 4.69) is 37.4 Å². The van der Waals surface area contributed by atoms with Gasteiger partial charge in [0.15, 0.2) is 0 Å². The van der Waals surface area contributed by atoms with Crippen LogP contribution in [0, 0.1) is 5.92 Å². The van der Waals surface area contributed by atoms with Crippen LogP contribution in [0.3, 0.4) is 0 Å². The third-order valence-corrected chi connectivity index (χ3v) is 4.23. The Morgan fingerprint density at radius 3 is 2.89 bits per heavy atom. The van der Waals surface area contributed by atoms with Crippen LogP contribution in [0.5, 0.6) is 0 Å². The SMILES string of the molecule is CCNC(c1ccc2c(c1)COC2)C1COC(C)C1. The number of hydrogen-bond donors (Lipinski definition) is 1. The van der Waals surface area contributed by atoms with Crippen molar-refractivity contribution in [3.8, 4) is 0 Å². The molecule has 2 aliphatic rings. The van der Waals surface area contributed by atoms with Crippen LogP contribution in [0.1, 0.15) is 43.0 Å². The summed E-state index contributed by atoms with van der Waals surface area (Å²) in [7, 11) is 0. The molecule has 0 bridgehead atoms. The lowest BCUT2D eigenvalue weighted by Crippen LogP contribution is -2.28. The first-order valence-corrected chi connectivity index (χ1v) is 7.32. The second-order valence-electron chi connectivity index (χ2n) is 5.70. The van der Waals surface area contributed by atoms with Gasteiger partial charge in [0.2, 0.25) is 0 Å². The summed E-state index contributed by atoms with van der Waals surface area (Å²) < 4.78 is 11.2. The molecule has 1 saturated heterocycles. The number of benzene rings is 1. The predicted molar refractivity (Wildman–Crippen MR) is 74.9 cm³/mol. The molecule has 2 heterocycles. The molecule has 3 unspecified atom stereocenters. The van der Waals surface area contributed by atoms with E-state index in [1.54, 1.807) is 0 Å². The van der Waals surface area contributed by atoms with E-state index in [0.29, 0.717) is 18.1 Å². The summed E-state index contributed by atoms with van der Waals surface area (Å²) in [6, 6.07) is 7.20. The first-order valence-electron chi connectivity index (χ1n) is 7.32. The molecule has 3 heteroatoms. The Hall–Kier alpha value is -0.900. The second kappa shape index (κ2) is 5.61. The highest BCUT2D eigenvalue weighted by molar-refractivity contribution is 5.35. The average Bonchev–Trinajstić information content (AvgIpc) is 3.03. The van der Waals surface area contributed by atoms with Crippen molar-refractivity contribution in [3.05, 3.63) is 34.9 Å². The van der Waals surface area contributed by atoms with Gasteiger partial charge in [-0.05, 0) is 36.6 Å². The number of ether oxygens (including phenoxy) is 2. The molecule has 0 aromatic heterocycles. The molecular weight excluding hydrogens is 238 g/mol. The van der Waals surface area contributed by atoms with Crippen LogP contribution in [-0.4, -0.2) is 19.3 Å². The smallest absolute Gasteiger partial charge is 0.0725 e. The monoisotopic (exact) mass is 261 g/mol. The Morgan fingerprint density at radius 1 is 1.32 bits per heavy atom. The van der Waals surface area contributed by atoms with E-state index in [9.17, 15) is 0 Å². The summed E-state index contributed by atoms with van der Waals surface area (Å²) in [6.45, 7) is 7.72. The van der Waals surface area contributed by atoms with Crippen LogP contribution in [0.25, 0.3) is 0 Å². The van der Waals surface area contributed by atoms with E-state index in [1.165, 1.54) is 16.7 Å². The van der Waals surface area contributed by atoms with Crippen molar-refractivity contribution in [1.29, 1.82) is 0 Å². The van der Waals surface area contributed by atoms with Gasteiger partial charge in [-0.3, -0.25) is 0 Å². The van der Waals surface area contributed by atoms with Gasteiger partial charge in [-0.2, -0.15) is 0 Å². The molecular formula is C16H23NO2. The summed E-state index contributed by atoms with van der Waals surface area (Å²) >= 11 is 0. The van der Waals surface area contributed by atoms with Crippen molar-refractivity contribution < 1.29 is 9.47 Å². The van der Waals surface area contributed by atoms with Crippen molar-refractivity contribution in [3.63, 3.8) is 0 Å². The molecule has 3 atom stereocenters. The summed E-state index contributed by atoms with van der Waals surface area (Å²) in [5.74, 6) is 0.579. The minimum atomic E-state index is 0.393. The van der Waals surface area contributed by atoms with Gasteiger partial charge in [0.05, 0.1) is 25.9 Å². The molecule has 1 aromatic carbocycles. The molecule has 1 N–H and O–H groups in total. The molecule has 1 fully saturated rings. The molecule has 0 radical (unpaired) electrons. The van der Waals surface area contributed by atoms with Crippen LogP contribution in [0.2, 0.25) is 0 Å². The molecule has 0 amide bonds. The van der Waals surface area contributed by atoms with Gasteiger partial charge in [0.1, 0.15) is 0 Å². The number of nitrogens with one attached hydrogen (secondary N) is 1. The fourth-order valence-corrected chi connectivity index (χ4v) is 3.24. The minimum Gasteiger partial charge on any atom is -0.378 e. The molecule has 3 nitrogen and oxygen atoms in total. The maximum absolute atomic E-state index is 5.74. The minimum absolute atomic E-state index is 0.393. The molecule has 0 saturated carbocycles. The molecule has 0 spiro atoms. The lowest BCUT2D eigenvalue weighted by atomic mass is 9.89. The van der Waals surface area contributed by atoms with Crippen LogP contribution >= 0.6 is 0 Å². The number of rotatable bonds is 4. The molecule has 1 aromatic rings. The Morgan fingerprint density at radius 2 is 2.16 bits per heavy atom. The van der Waals surface area contributed by atoms with Gasteiger partial charge in [0.25, 0.3) is 0 Å². The average molecular weight is 261 g/mol. The maximum Gasteiger partial charge on any atom is 0.0725 e. The molecule has 0 aliphatic carbocycles. The Balaban J connectivity index is 1.83. The first-order chi connectivity index (χ1) is 9.28. The predicted octanol–water partition coefficient (Wildman–Crippen LogP) is 2.79. The highest BCUT2D eigenvalue weighted by Crippen LogP contribution is 2.33. The van der Waals surface area contributed by atoms with E-state index in [0.717, 1.165) is 32.8 Å². The standard InChI is InChI=1S/C16H23NO2/c1-3-17-16(15-6-11(2)19-10-15)12-4-5-13-8-18-9-14(13)7-12/h4-5,7,11,15-17H,3,6,8-10H2,1-2H3. The topological polar surface area (TPSA) is 30.5 Å². The van der Waals surface area contributed by atoms with Gasteiger partial charge in [-0.1, -0.05) is 25.1 Å². The third kappa shape index (κ3) is 2.69. The third-order valence-electron chi connectivity index (χ3n) is 4.23. The van der Waals surface area contributed by atoms with Gasteiger partial charge < -0.3 is 14.8 Å². The first kappa shape index (κ1) is 13.1. The van der Waals surface area contributed by atoms with Crippen LogP contribution < -0.4 is 5.32 Å². The molecule has 2 aliphatic heterocycles. The lowest BCUT2D eigenvalue weighted by molar-refractivity contribution is 0.117. The van der Waals surface area contributed by atoms with Gasteiger partial charge >= 0.3 is 0 Å². The second-order valence-corrected chi connectivity index (χ2v) is 5.70. The van der Waals surface area contributed by atoms with Crippen molar-refractivity contribution in [1.82, 2.24) is 5.32 Å². The van der Waals surface area contributed by atoms with E-state index in [4.69, 9.17) is 9.47 Å². The van der Waals surface area contributed by atoms with E-state index < -0.39 is 0 Å². The van der Waals surface area contributed by atoms with Crippen molar-refractivity contribution >= 4 is 0 Å². The van der Waals surface area contributed by atoms with Crippen LogP contribution in [-0.2, 0) is 22.7 Å². The molecule has 3 rings (SSSR count).